The second-order valence-corrected chi connectivity index (χ2v) is 9.34. The molecule has 2 heterocycles. The van der Waals surface area contributed by atoms with E-state index in [1.165, 1.54) is 23.1 Å². The van der Waals surface area contributed by atoms with Crippen molar-refractivity contribution in [2.75, 3.05) is 11.5 Å². The number of aliphatic hydroxyl groups is 1. The summed E-state index contributed by atoms with van der Waals surface area (Å²) in [5.41, 5.74) is 2.63. The minimum Gasteiger partial charge on any atom is -0.507 e. The number of aromatic nitrogens is 1. The Labute approximate surface area is 211 Å². The lowest BCUT2D eigenvalue weighted by molar-refractivity contribution is -0.132. The minimum atomic E-state index is -0.895. The van der Waals surface area contributed by atoms with E-state index in [1.807, 2.05) is 38.1 Å². The fraction of sp³-hybridized carbons (Fsp3) is 0.179. The first-order valence-electron chi connectivity index (χ1n) is 11.6. The third-order valence-electron chi connectivity index (χ3n) is 6.13. The Morgan fingerprint density at radius 3 is 2.44 bits per heavy atom. The Morgan fingerprint density at radius 1 is 1.06 bits per heavy atom. The van der Waals surface area contributed by atoms with Gasteiger partial charge in [0.15, 0.2) is 5.13 Å². The highest BCUT2D eigenvalue weighted by atomic mass is 32.1. The van der Waals surface area contributed by atoms with Crippen LogP contribution in [0.1, 0.15) is 36.6 Å². The van der Waals surface area contributed by atoms with Gasteiger partial charge in [0.05, 0.1) is 28.4 Å². The number of halogens is 1. The van der Waals surface area contributed by atoms with Crippen molar-refractivity contribution in [2.24, 2.45) is 0 Å². The Bertz CT molecular complexity index is 1490. The monoisotopic (exact) mass is 502 g/mol. The number of thiazole rings is 1. The van der Waals surface area contributed by atoms with E-state index in [0.717, 1.165) is 23.3 Å². The van der Waals surface area contributed by atoms with E-state index in [4.69, 9.17) is 4.74 Å². The van der Waals surface area contributed by atoms with Crippen molar-refractivity contribution in [1.82, 2.24) is 4.98 Å². The first-order chi connectivity index (χ1) is 17.4. The van der Waals surface area contributed by atoms with Crippen LogP contribution < -0.4 is 9.64 Å². The van der Waals surface area contributed by atoms with Gasteiger partial charge in [0, 0.05) is 5.56 Å². The number of Topliss-reactive ketones (excluding diaryl/α,β-unsaturated/α-hetero) is 1. The molecule has 0 radical (unpaired) electrons. The number of anilines is 1. The summed E-state index contributed by atoms with van der Waals surface area (Å²) in [6.07, 6.45) is 0.829. The summed E-state index contributed by atoms with van der Waals surface area (Å²) in [5.74, 6) is -1.68. The molecule has 0 bridgehead atoms. The predicted octanol–water partition coefficient (Wildman–Crippen LogP) is 6.02. The highest BCUT2D eigenvalue weighted by Crippen LogP contribution is 2.44. The Kier molecular flexibility index (Phi) is 6.28. The van der Waals surface area contributed by atoms with Gasteiger partial charge in [-0.25, -0.2) is 9.37 Å². The number of benzene rings is 3. The topological polar surface area (TPSA) is 79.7 Å². The normalized spacial score (nSPS) is 17.2. The SMILES string of the molecule is CCOc1ccc(/C(O)=C2\C(=O)C(=O)N(c3nc4ccc(F)cc4s3)C2c2ccc(CC)cc2)cc1. The zero-order valence-corrected chi connectivity index (χ0v) is 20.5. The van der Waals surface area contributed by atoms with Gasteiger partial charge in [0.2, 0.25) is 0 Å². The number of carbonyl (C=O) groups excluding carboxylic acids is 2. The van der Waals surface area contributed by atoms with Crippen LogP contribution >= 0.6 is 11.3 Å². The van der Waals surface area contributed by atoms with Crippen molar-refractivity contribution < 1.29 is 23.8 Å². The van der Waals surface area contributed by atoms with Gasteiger partial charge in [-0.2, -0.15) is 0 Å². The maximum absolute atomic E-state index is 13.8. The first kappa shape index (κ1) is 23.7. The van der Waals surface area contributed by atoms with Crippen LogP contribution in [-0.2, 0) is 16.0 Å². The zero-order valence-electron chi connectivity index (χ0n) is 19.7. The van der Waals surface area contributed by atoms with Crippen molar-refractivity contribution in [3.8, 4) is 5.75 Å². The Morgan fingerprint density at radius 2 is 1.78 bits per heavy atom. The maximum atomic E-state index is 13.8. The van der Waals surface area contributed by atoms with E-state index in [9.17, 15) is 19.1 Å². The average molecular weight is 503 g/mol. The molecule has 8 heteroatoms. The van der Waals surface area contributed by atoms with E-state index in [-0.39, 0.29) is 16.5 Å². The van der Waals surface area contributed by atoms with Crippen LogP contribution in [0.5, 0.6) is 5.75 Å². The van der Waals surface area contributed by atoms with E-state index in [0.29, 0.717) is 33.7 Å². The van der Waals surface area contributed by atoms with Crippen LogP contribution in [0, 0.1) is 5.82 Å². The van der Waals surface area contributed by atoms with Gasteiger partial charge in [0.1, 0.15) is 17.3 Å². The minimum absolute atomic E-state index is 0.0288. The van der Waals surface area contributed by atoms with Crippen molar-refractivity contribution in [3.05, 3.63) is 94.8 Å². The third kappa shape index (κ3) is 4.13. The first-order valence-corrected chi connectivity index (χ1v) is 12.4. The molecule has 6 nitrogen and oxygen atoms in total. The van der Waals surface area contributed by atoms with E-state index in [2.05, 4.69) is 4.98 Å². The number of carbonyl (C=O) groups is 2. The lowest BCUT2D eigenvalue weighted by atomic mass is 9.94. The van der Waals surface area contributed by atoms with Gasteiger partial charge in [-0.15, -0.1) is 0 Å². The molecule has 1 atom stereocenters. The Hall–Kier alpha value is -4.04. The highest BCUT2D eigenvalue weighted by molar-refractivity contribution is 7.22. The van der Waals surface area contributed by atoms with Crippen LogP contribution in [0.15, 0.2) is 72.3 Å². The fourth-order valence-corrected chi connectivity index (χ4v) is 5.32. The second-order valence-electron chi connectivity index (χ2n) is 8.33. The molecular formula is C28H23FN2O4S. The van der Waals surface area contributed by atoms with Crippen LogP contribution in [0.3, 0.4) is 0 Å². The molecule has 1 fully saturated rings. The number of amides is 1. The zero-order chi connectivity index (χ0) is 25.4. The molecular weight excluding hydrogens is 479 g/mol. The lowest BCUT2D eigenvalue weighted by Crippen LogP contribution is -2.29. The molecule has 1 aliphatic heterocycles. The van der Waals surface area contributed by atoms with E-state index < -0.39 is 23.5 Å². The molecule has 1 aromatic heterocycles. The number of fused-ring (bicyclic) bond motifs is 1. The van der Waals surface area contributed by atoms with Gasteiger partial charge in [-0.05, 0) is 66.9 Å². The summed E-state index contributed by atoms with van der Waals surface area (Å²) in [4.78, 5) is 32.5. The summed E-state index contributed by atoms with van der Waals surface area (Å²) < 4.78 is 19.8. The number of hydrogen-bond acceptors (Lipinski definition) is 6. The van der Waals surface area contributed by atoms with E-state index in [1.54, 1.807) is 24.3 Å². The van der Waals surface area contributed by atoms with Crippen molar-refractivity contribution >= 4 is 44.1 Å². The quantitative estimate of drug-likeness (QED) is 0.198. The summed E-state index contributed by atoms with van der Waals surface area (Å²) in [5, 5.41) is 11.5. The molecule has 1 saturated heterocycles. The van der Waals surface area contributed by atoms with Gasteiger partial charge in [-0.3, -0.25) is 14.5 Å². The molecule has 1 aliphatic rings. The standard InChI is InChI=1S/C28H23FN2O4S/c1-3-16-5-7-17(8-6-16)24-23(25(32)18-9-12-20(13-10-18)35-4-2)26(33)27(34)31(24)28-30-21-14-11-19(29)15-22(21)36-28/h5-15,24,32H,3-4H2,1-2H3/b25-23+. The smallest absolute Gasteiger partial charge is 0.301 e. The lowest BCUT2D eigenvalue weighted by Gasteiger charge is -2.23. The number of hydrogen-bond donors (Lipinski definition) is 1. The number of aliphatic hydroxyl groups excluding tert-OH is 1. The Balaban J connectivity index is 1.68. The molecule has 1 amide bonds. The summed E-state index contributed by atoms with van der Waals surface area (Å²) >= 11 is 1.12. The molecule has 0 saturated carbocycles. The van der Waals surface area contributed by atoms with Crippen molar-refractivity contribution in [1.29, 1.82) is 0 Å². The third-order valence-corrected chi connectivity index (χ3v) is 7.15. The van der Waals surface area contributed by atoms with Gasteiger partial charge >= 0.3 is 5.91 Å². The average Bonchev–Trinajstić information content (AvgIpc) is 3.42. The highest BCUT2D eigenvalue weighted by Gasteiger charge is 2.48. The van der Waals surface area contributed by atoms with Crippen LogP contribution in [0.25, 0.3) is 16.0 Å². The molecule has 1 N–H and O–H groups in total. The largest absolute Gasteiger partial charge is 0.507 e. The summed E-state index contributed by atoms with van der Waals surface area (Å²) in [6.45, 7) is 4.40. The number of ketones is 1. The number of aryl methyl sites for hydroxylation is 1. The summed E-state index contributed by atoms with van der Waals surface area (Å²) in [6, 6.07) is 17.5. The number of rotatable bonds is 6. The van der Waals surface area contributed by atoms with Gasteiger partial charge in [-0.1, -0.05) is 42.5 Å². The molecule has 0 aliphatic carbocycles. The van der Waals surface area contributed by atoms with Crippen molar-refractivity contribution in [3.63, 3.8) is 0 Å². The fourth-order valence-electron chi connectivity index (χ4n) is 4.30. The number of nitrogens with zero attached hydrogens (tertiary/aromatic N) is 2. The maximum Gasteiger partial charge on any atom is 0.301 e. The second kappa shape index (κ2) is 9.54. The van der Waals surface area contributed by atoms with E-state index >= 15 is 0 Å². The molecule has 36 heavy (non-hydrogen) atoms. The molecule has 182 valence electrons. The molecule has 5 rings (SSSR count). The van der Waals surface area contributed by atoms with Crippen LogP contribution in [0.4, 0.5) is 9.52 Å². The van der Waals surface area contributed by atoms with Gasteiger partial charge in [0.25, 0.3) is 5.78 Å². The number of ether oxygens (including phenoxy) is 1. The molecule has 1 unspecified atom stereocenters. The van der Waals surface area contributed by atoms with Crippen LogP contribution in [0.2, 0.25) is 0 Å². The summed E-state index contributed by atoms with van der Waals surface area (Å²) in [7, 11) is 0. The molecule has 0 spiro atoms. The van der Waals surface area contributed by atoms with Crippen molar-refractivity contribution in [2.45, 2.75) is 26.3 Å². The van der Waals surface area contributed by atoms with Gasteiger partial charge < -0.3 is 9.84 Å². The predicted molar refractivity (Wildman–Crippen MR) is 138 cm³/mol. The van der Waals surface area contributed by atoms with Crippen LogP contribution in [-0.4, -0.2) is 28.4 Å². The molecule has 4 aromatic rings. The molecule has 3 aromatic carbocycles.